The van der Waals surface area contributed by atoms with E-state index < -0.39 is 26.4 Å². The Kier molecular flexibility index (Phi) is 4.20. The van der Waals surface area contributed by atoms with Gasteiger partial charge in [-0.2, -0.15) is 4.31 Å². The van der Waals surface area contributed by atoms with Crippen molar-refractivity contribution in [1.82, 2.24) is 4.31 Å². The van der Waals surface area contributed by atoms with Crippen molar-refractivity contribution in [3.05, 3.63) is 28.3 Å². The van der Waals surface area contributed by atoms with Gasteiger partial charge in [0.2, 0.25) is 10.0 Å². The number of piperidine rings is 1. The summed E-state index contributed by atoms with van der Waals surface area (Å²) < 4.78 is 26.8. The summed E-state index contributed by atoms with van der Waals surface area (Å²) in [6.07, 6.45) is 2.50. The Hall–Kier alpha value is -1.67. The number of nitrogens with zero attached hydrogens (tertiary/aromatic N) is 2. The molecule has 1 N–H and O–H groups in total. The van der Waals surface area contributed by atoms with E-state index in [4.69, 9.17) is 0 Å². The van der Waals surface area contributed by atoms with Gasteiger partial charge in [0.05, 0.1) is 9.82 Å². The molecule has 2 rings (SSSR count). The SMILES string of the molecule is C[C@@H]1CCC[C@H](C)N1S(=O)(=O)c1ccc(O)c([N+](=O)[O-])c1. The molecule has 1 aromatic rings. The molecular weight excluding hydrogens is 296 g/mol. The summed E-state index contributed by atoms with van der Waals surface area (Å²) in [7, 11) is -3.82. The van der Waals surface area contributed by atoms with Crippen molar-refractivity contribution in [3.8, 4) is 5.75 Å². The third kappa shape index (κ3) is 2.86. The largest absolute Gasteiger partial charge is 0.502 e. The van der Waals surface area contributed by atoms with Gasteiger partial charge in [0.25, 0.3) is 0 Å². The van der Waals surface area contributed by atoms with E-state index in [1.54, 1.807) is 0 Å². The van der Waals surface area contributed by atoms with Crippen LogP contribution in [0.5, 0.6) is 5.75 Å². The van der Waals surface area contributed by atoms with Crippen LogP contribution in [0.3, 0.4) is 0 Å². The number of nitro groups is 1. The molecule has 0 spiro atoms. The first kappa shape index (κ1) is 15.7. The van der Waals surface area contributed by atoms with Gasteiger partial charge >= 0.3 is 5.69 Å². The van der Waals surface area contributed by atoms with Gasteiger partial charge in [-0.25, -0.2) is 8.42 Å². The summed E-state index contributed by atoms with van der Waals surface area (Å²) in [5, 5.41) is 20.3. The summed E-state index contributed by atoms with van der Waals surface area (Å²) in [4.78, 5) is 9.89. The predicted molar refractivity (Wildman–Crippen MR) is 76.6 cm³/mol. The van der Waals surface area contributed by atoms with Crippen LogP contribution < -0.4 is 0 Å². The second-order valence-corrected chi connectivity index (χ2v) is 7.21. The Bertz CT molecular complexity index is 649. The lowest BCUT2D eigenvalue weighted by molar-refractivity contribution is -0.386. The zero-order valence-electron chi connectivity index (χ0n) is 11.9. The molecule has 0 saturated carbocycles. The number of nitro benzene ring substituents is 1. The quantitative estimate of drug-likeness (QED) is 0.681. The van der Waals surface area contributed by atoms with Crippen molar-refractivity contribution in [3.63, 3.8) is 0 Å². The topological polar surface area (TPSA) is 101 Å². The lowest BCUT2D eigenvalue weighted by Crippen LogP contribution is -2.47. The smallest absolute Gasteiger partial charge is 0.312 e. The third-order valence-electron chi connectivity index (χ3n) is 3.83. The second kappa shape index (κ2) is 5.61. The van der Waals surface area contributed by atoms with Crippen LogP contribution in [0.4, 0.5) is 5.69 Å². The van der Waals surface area contributed by atoms with Gasteiger partial charge in [-0.3, -0.25) is 10.1 Å². The maximum absolute atomic E-state index is 12.7. The number of hydrogen-bond donors (Lipinski definition) is 1. The summed E-state index contributed by atoms with van der Waals surface area (Å²) in [6.45, 7) is 3.67. The molecule has 1 fully saturated rings. The van der Waals surface area contributed by atoms with Gasteiger partial charge in [0.1, 0.15) is 0 Å². The Morgan fingerprint density at radius 3 is 2.38 bits per heavy atom. The molecule has 2 atom stereocenters. The van der Waals surface area contributed by atoms with Crippen molar-refractivity contribution in [1.29, 1.82) is 0 Å². The number of phenols is 1. The van der Waals surface area contributed by atoms with E-state index in [1.165, 1.54) is 10.4 Å². The van der Waals surface area contributed by atoms with Crippen molar-refractivity contribution < 1.29 is 18.4 Å². The molecule has 0 bridgehead atoms. The number of sulfonamides is 1. The van der Waals surface area contributed by atoms with E-state index in [0.717, 1.165) is 31.4 Å². The highest BCUT2D eigenvalue weighted by atomic mass is 32.2. The zero-order chi connectivity index (χ0) is 15.8. The maximum Gasteiger partial charge on any atom is 0.312 e. The highest BCUT2D eigenvalue weighted by Crippen LogP contribution is 2.33. The lowest BCUT2D eigenvalue weighted by atomic mass is 10.0. The van der Waals surface area contributed by atoms with Crippen LogP contribution >= 0.6 is 0 Å². The van der Waals surface area contributed by atoms with E-state index in [2.05, 4.69) is 0 Å². The van der Waals surface area contributed by atoms with E-state index in [9.17, 15) is 23.6 Å². The minimum absolute atomic E-state index is 0.147. The number of hydrogen-bond acceptors (Lipinski definition) is 5. The standard InChI is InChI=1S/C13H18N2O5S/c1-9-4-3-5-10(2)14(9)21(19,20)11-6-7-13(16)12(8-11)15(17)18/h6-10,16H,3-5H2,1-2H3/t9-,10+. The third-order valence-corrected chi connectivity index (χ3v) is 5.96. The van der Waals surface area contributed by atoms with Crippen molar-refractivity contribution in [2.24, 2.45) is 0 Å². The number of rotatable bonds is 3. The first-order valence-corrected chi connectivity index (χ1v) is 8.20. The minimum Gasteiger partial charge on any atom is -0.502 e. The van der Waals surface area contributed by atoms with Crippen molar-refractivity contribution >= 4 is 15.7 Å². The van der Waals surface area contributed by atoms with Gasteiger partial charge in [-0.1, -0.05) is 6.42 Å². The number of benzene rings is 1. The van der Waals surface area contributed by atoms with Gasteiger partial charge in [0.15, 0.2) is 5.75 Å². The lowest BCUT2D eigenvalue weighted by Gasteiger charge is -2.37. The fraction of sp³-hybridized carbons (Fsp3) is 0.538. The van der Waals surface area contributed by atoms with E-state index in [1.807, 2.05) is 13.8 Å². The fourth-order valence-electron chi connectivity index (χ4n) is 2.80. The van der Waals surface area contributed by atoms with Gasteiger partial charge < -0.3 is 5.11 Å². The average molecular weight is 314 g/mol. The predicted octanol–water partition coefficient (Wildman–Crippen LogP) is 2.25. The van der Waals surface area contributed by atoms with Crippen LogP contribution in [0.15, 0.2) is 23.1 Å². The minimum atomic E-state index is -3.82. The fourth-order valence-corrected chi connectivity index (χ4v) is 4.71. The van der Waals surface area contributed by atoms with Crippen LogP contribution in [0.2, 0.25) is 0 Å². The monoisotopic (exact) mass is 314 g/mol. The highest BCUT2D eigenvalue weighted by molar-refractivity contribution is 7.89. The van der Waals surface area contributed by atoms with Crippen LogP contribution in [0, 0.1) is 10.1 Å². The van der Waals surface area contributed by atoms with Gasteiger partial charge in [-0.15, -0.1) is 0 Å². The van der Waals surface area contributed by atoms with Gasteiger partial charge in [0, 0.05) is 18.2 Å². The van der Waals surface area contributed by atoms with Crippen molar-refractivity contribution in [2.75, 3.05) is 0 Å². The van der Waals surface area contributed by atoms with Crippen molar-refractivity contribution in [2.45, 2.75) is 50.1 Å². The normalized spacial score (nSPS) is 23.9. The average Bonchev–Trinajstić information content (AvgIpc) is 2.38. The molecule has 1 aliphatic heterocycles. The molecule has 0 aliphatic carbocycles. The molecule has 0 unspecified atom stereocenters. The Balaban J connectivity index is 2.48. The highest BCUT2D eigenvalue weighted by Gasteiger charge is 2.36. The Labute approximate surface area is 123 Å². The Morgan fingerprint density at radius 2 is 1.86 bits per heavy atom. The zero-order valence-corrected chi connectivity index (χ0v) is 12.7. The van der Waals surface area contributed by atoms with Crippen LogP contribution in [-0.4, -0.2) is 34.8 Å². The van der Waals surface area contributed by atoms with E-state index in [0.29, 0.717) is 0 Å². The first-order chi connectivity index (χ1) is 9.75. The molecule has 0 aromatic heterocycles. The van der Waals surface area contributed by atoms with Crippen LogP contribution in [0.1, 0.15) is 33.1 Å². The molecule has 0 amide bonds. The molecule has 1 aliphatic rings. The molecule has 21 heavy (non-hydrogen) atoms. The molecule has 7 nitrogen and oxygen atoms in total. The molecule has 1 aromatic carbocycles. The second-order valence-electron chi connectivity index (χ2n) is 5.37. The summed E-state index contributed by atoms with van der Waals surface area (Å²) in [5.74, 6) is -0.543. The Morgan fingerprint density at radius 1 is 1.29 bits per heavy atom. The summed E-state index contributed by atoms with van der Waals surface area (Å²) in [6, 6.07) is 2.87. The van der Waals surface area contributed by atoms with Crippen LogP contribution in [0.25, 0.3) is 0 Å². The molecule has 116 valence electrons. The number of phenolic OH excluding ortho intramolecular Hbond substituents is 1. The molecular formula is C13H18N2O5S. The summed E-state index contributed by atoms with van der Waals surface area (Å²) >= 11 is 0. The molecule has 1 heterocycles. The first-order valence-electron chi connectivity index (χ1n) is 6.76. The molecule has 0 radical (unpaired) electrons. The maximum atomic E-state index is 12.7. The molecule has 1 saturated heterocycles. The van der Waals surface area contributed by atoms with E-state index in [-0.39, 0.29) is 17.0 Å². The number of aromatic hydroxyl groups is 1. The van der Waals surface area contributed by atoms with Crippen LogP contribution in [-0.2, 0) is 10.0 Å². The van der Waals surface area contributed by atoms with Gasteiger partial charge in [-0.05, 0) is 38.8 Å². The summed E-state index contributed by atoms with van der Waals surface area (Å²) in [5.41, 5.74) is -0.603. The van der Waals surface area contributed by atoms with E-state index >= 15 is 0 Å². The molecule has 8 heteroatoms.